The molecule has 1 aromatic carbocycles. The van der Waals surface area contributed by atoms with Crippen LogP contribution in [0.25, 0.3) is 11.4 Å². The molecular formula is C15H17N5O3. The number of carbonyl (C=O) groups is 2. The molecule has 1 aromatic heterocycles. The van der Waals surface area contributed by atoms with Crippen molar-refractivity contribution in [2.24, 2.45) is 24.3 Å². The molecule has 0 saturated heterocycles. The van der Waals surface area contributed by atoms with Crippen molar-refractivity contribution in [3.8, 4) is 11.4 Å². The zero-order valence-corrected chi connectivity index (χ0v) is 13.0. The summed E-state index contributed by atoms with van der Waals surface area (Å²) in [6.07, 6.45) is 0. The molecule has 0 unspecified atom stereocenters. The Morgan fingerprint density at radius 3 is 2.35 bits per heavy atom. The lowest BCUT2D eigenvalue weighted by Crippen LogP contribution is -2.17. The van der Waals surface area contributed by atoms with Crippen LogP contribution in [0.3, 0.4) is 0 Å². The van der Waals surface area contributed by atoms with Crippen molar-refractivity contribution in [2.45, 2.75) is 13.8 Å². The SMILES string of the molecule is Cn1nnc(-c2ccc(NC(=O)[C@@H]3[C@@H](C(=O)O)C3(C)C)cc2)n1. The summed E-state index contributed by atoms with van der Waals surface area (Å²) in [7, 11) is 1.68. The van der Waals surface area contributed by atoms with Gasteiger partial charge in [0.2, 0.25) is 11.7 Å². The van der Waals surface area contributed by atoms with Gasteiger partial charge in [-0.25, -0.2) is 0 Å². The fraction of sp³-hybridized carbons (Fsp3) is 0.400. The molecule has 23 heavy (non-hydrogen) atoms. The van der Waals surface area contributed by atoms with Crippen LogP contribution in [0.4, 0.5) is 5.69 Å². The van der Waals surface area contributed by atoms with Crippen LogP contribution in [0.15, 0.2) is 24.3 Å². The monoisotopic (exact) mass is 315 g/mol. The number of rotatable bonds is 4. The van der Waals surface area contributed by atoms with E-state index in [0.717, 1.165) is 5.56 Å². The van der Waals surface area contributed by atoms with Gasteiger partial charge in [-0.3, -0.25) is 9.59 Å². The number of anilines is 1. The van der Waals surface area contributed by atoms with Gasteiger partial charge in [-0.15, -0.1) is 10.2 Å². The molecule has 2 N–H and O–H groups in total. The molecule has 3 rings (SSSR count). The van der Waals surface area contributed by atoms with Crippen molar-refractivity contribution in [1.82, 2.24) is 20.2 Å². The van der Waals surface area contributed by atoms with E-state index < -0.39 is 23.2 Å². The van der Waals surface area contributed by atoms with Crippen LogP contribution in [0.1, 0.15) is 13.8 Å². The van der Waals surface area contributed by atoms with Gasteiger partial charge >= 0.3 is 5.97 Å². The number of nitrogens with zero attached hydrogens (tertiary/aromatic N) is 4. The van der Waals surface area contributed by atoms with Gasteiger partial charge < -0.3 is 10.4 Å². The summed E-state index contributed by atoms with van der Waals surface area (Å²) >= 11 is 0. The first-order chi connectivity index (χ1) is 10.8. The van der Waals surface area contributed by atoms with Crippen molar-refractivity contribution in [3.63, 3.8) is 0 Å². The Bertz CT molecular complexity index is 766. The lowest BCUT2D eigenvalue weighted by atomic mass is 10.1. The average Bonchev–Trinajstić information content (AvgIpc) is 2.83. The van der Waals surface area contributed by atoms with E-state index in [1.807, 2.05) is 0 Å². The first kappa shape index (κ1) is 15.1. The van der Waals surface area contributed by atoms with Gasteiger partial charge in [0.1, 0.15) is 0 Å². The van der Waals surface area contributed by atoms with Crippen molar-refractivity contribution >= 4 is 17.6 Å². The topological polar surface area (TPSA) is 110 Å². The summed E-state index contributed by atoms with van der Waals surface area (Å²) in [5.41, 5.74) is 0.875. The molecule has 2 atom stereocenters. The largest absolute Gasteiger partial charge is 0.481 e. The highest BCUT2D eigenvalue weighted by Crippen LogP contribution is 2.58. The predicted octanol–water partition coefficient (Wildman–Crippen LogP) is 1.17. The average molecular weight is 315 g/mol. The third-order valence-corrected chi connectivity index (χ3v) is 4.29. The fourth-order valence-corrected chi connectivity index (χ4v) is 2.91. The number of nitrogens with one attached hydrogen (secondary N) is 1. The van der Waals surface area contributed by atoms with Gasteiger partial charge in [-0.2, -0.15) is 4.80 Å². The Morgan fingerprint density at radius 2 is 1.87 bits per heavy atom. The Kier molecular flexibility index (Phi) is 3.39. The molecule has 1 heterocycles. The van der Waals surface area contributed by atoms with Crippen LogP contribution < -0.4 is 5.32 Å². The molecule has 120 valence electrons. The van der Waals surface area contributed by atoms with Gasteiger partial charge in [0.25, 0.3) is 0 Å². The van der Waals surface area contributed by atoms with E-state index in [9.17, 15) is 9.59 Å². The standard InChI is InChI=1S/C15H17N5O3/c1-15(2)10(11(15)14(22)23)13(21)16-9-6-4-8(5-7-9)12-17-19-20(3)18-12/h4-7,10-11H,1-3H3,(H,16,21)(H,22,23)/t10-,11-/m0/s1. The molecule has 2 aromatic rings. The van der Waals surface area contributed by atoms with Gasteiger partial charge in [0.05, 0.1) is 18.9 Å². The summed E-state index contributed by atoms with van der Waals surface area (Å²) in [6, 6.07) is 7.02. The summed E-state index contributed by atoms with van der Waals surface area (Å²) in [6.45, 7) is 3.58. The second-order valence-corrected chi connectivity index (χ2v) is 6.28. The maximum atomic E-state index is 12.3. The minimum absolute atomic E-state index is 0.271. The first-order valence-electron chi connectivity index (χ1n) is 7.19. The van der Waals surface area contributed by atoms with Crippen molar-refractivity contribution in [3.05, 3.63) is 24.3 Å². The predicted molar refractivity (Wildman–Crippen MR) is 81.3 cm³/mol. The third kappa shape index (κ3) is 2.67. The van der Waals surface area contributed by atoms with E-state index in [2.05, 4.69) is 20.7 Å². The molecular weight excluding hydrogens is 298 g/mol. The molecule has 0 aliphatic heterocycles. The van der Waals surface area contributed by atoms with Crippen molar-refractivity contribution in [2.75, 3.05) is 5.32 Å². The number of benzene rings is 1. The van der Waals surface area contributed by atoms with E-state index in [1.165, 1.54) is 4.80 Å². The summed E-state index contributed by atoms with van der Waals surface area (Å²) < 4.78 is 0. The Morgan fingerprint density at radius 1 is 1.22 bits per heavy atom. The summed E-state index contributed by atoms with van der Waals surface area (Å²) in [5, 5.41) is 23.7. The maximum Gasteiger partial charge on any atom is 0.307 e. The number of carboxylic acid groups (broad SMARTS) is 1. The molecule has 0 bridgehead atoms. The highest BCUT2D eigenvalue weighted by Gasteiger charge is 2.65. The van der Waals surface area contributed by atoms with Crippen molar-refractivity contribution < 1.29 is 14.7 Å². The van der Waals surface area contributed by atoms with Crippen molar-refractivity contribution in [1.29, 1.82) is 0 Å². The number of amides is 1. The molecule has 0 spiro atoms. The minimum atomic E-state index is -0.931. The molecule has 0 radical (unpaired) electrons. The van der Waals surface area contributed by atoms with Gasteiger partial charge in [0.15, 0.2) is 0 Å². The van der Waals surface area contributed by atoms with Crippen LogP contribution in [-0.2, 0) is 16.6 Å². The number of hydrogen-bond acceptors (Lipinski definition) is 5. The third-order valence-electron chi connectivity index (χ3n) is 4.29. The van der Waals surface area contributed by atoms with Gasteiger partial charge in [-0.05, 0) is 34.9 Å². The molecule has 1 fully saturated rings. The maximum absolute atomic E-state index is 12.3. The van der Waals surface area contributed by atoms with Crippen LogP contribution in [0.5, 0.6) is 0 Å². The zero-order chi connectivity index (χ0) is 16.8. The summed E-state index contributed by atoms with van der Waals surface area (Å²) in [4.78, 5) is 24.8. The second-order valence-electron chi connectivity index (χ2n) is 6.28. The Balaban J connectivity index is 1.69. The highest BCUT2D eigenvalue weighted by molar-refractivity contribution is 5.99. The van der Waals surface area contributed by atoms with Gasteiger partial charge in [0, 0.05) is 11.3 Å². The van der Waals surface area contributed by atoms with Crippen LogP contribution in [0.2, 0.25) is 0 Å². The van der Waals surface area contributed by atoms with E-state index in [4.69, 9.17) is 5.11 Å². The molecule has 1 aliphatic carbocycles. The summed E-state index contributed by atoms with van der Waals surface area (Å²) in [5.74, 6) is -1.85. The molecule has 8 nitrogen and oxygen atoms in total. The first-order valence-corrected chi connectivity index (χ1v) is 7.19. The lowest BCUT2D eigenvalue weighted by molar-refractivity contribution is -0.140. The quantitative estimate of drug-likeness (QED) is 0.876. The number of carboxylic acids is 1. The van der Waals surface area contributed by atoms with E-state index >= 15 is 0 Å². The normalized spacial score (nSPS) is 21.7. The fourth-order valence-electron chi connectivity index (χ4n) is 2.91. The van der Waals surface area contributed by atoms with Crippen LogP contribution >= 0.6 is 0 Å². The smallest absolute Gasteiger partial charge is 0.307 e. The number of aromatic nitrogens is 4. The Hall–Kier alpha value is -2.77. The number of carbonyl (C=O) groups excluding carboxylic acids is 1. The number of tetrazole rings is 1. The minimum Gasteiger partial charge on any atom is -0.481 e. The second kappa shape index (κ2) is 5.15. The molecule has 1 saturated carbocycles. The molecule has 1 amide bonds. The van der Waals surface area contributed by atoms with Gasteiger partial charge in [-0.1, -0.05) is 13.8 Å². The van der Waals surface area contributed by atoms with Crippen LogP contribution in [0, 0.1) is 17.3 Å². The molecule has 1 aliphatic rings. The van der Waals surface area contributed by atoms with Crippen LogP contribution in [-0.4, -0.2) is 37.2 Å². The lowest BCUT2D eigenvalue weighted by Gasteiger charge is -2.06. The van der Waals surface area contributed by atoms with E-state index in [-0.39, 0.29) is 5.91 Å². The Labute approximate surface area is 132 Å². The van der Waals surface area contributed by atoms with E-state index in [0.29, 0.717) is 11.5 Å². The zero-order valence-electron chi connectivity index (χ0n) is 13.0. The van der Waals surface area contributed by atoms with E-state index in [1.54, 1.807) is 45.2 Å². The highest BCUT2D eigenvalue weighted by atomic mass is 16.4. The number of aliphatic carboxylic acids is 1. The molecule has 8 heteroatoms. The number of hydrogen-bond donors (Lipinski definition) is 2. The number of aryl methyl sites for hydroxylation is 1.